The fourth-order valence-corrected chi connectivity index (χ4v) is 3.29. The average molecular weight is 435 g/mol. The number of benzene rings is 1. The highest BCUT2D eigenvalue weighted by molar-refractivity contribution is 7.81. The van der Waals surface area contributed by atoms with Crippen molar-refractivity contribution < 1.29 is 17.9 Å². The second-order valence-electron chi connectivity index (χ2n) is 6.85. The van der Waals surface area contributed by atoms with Gasteiger partial charge >= 0.3 is 6.36 Å². The first kappa shape index (κ1) is 19.8. The van der Waals surface area contributed by atoms with Crippen LogP contribution in [0.4, 0.5) is 24.8 Å². The molecule has 1 aromatic carbocycles. The molecule has 0 amide bonds. The fraction of sp³-hybridized carbons (Fsp3) is 0.250. The number of allylic oxidation sites excluding steroid dienone is 1. The first-order chi connectivity index (χ1) is 13.8. The lowest BCUT2D eigenvalue weighted by molar-refractivity contribution is -0.274. The summed E-state index contributed by atoms with van der Waals surface area (Å²) in [6, 6.07) is 9.27. The molecule has 1 aromatic heterocycles. The number of alkyl halides is 3. The zero-order chi connectivity index (χ0) is 20.6. The van der Waals surface area contributed by atoms with Crippen molar-refractivity contribution in [1.82, 2.24) is 4.98 Å². The Hall–Kier alpha value is -2.52. The van der Waals surface area contributed by atoms with Gasteiger partial charge in [-0.15, -0.1) is 13.2 Å². The Balaban J connectivity index is 1.60. The Morgan fingerprint density at radius 3 is 2.17 bits per heavy atom. The average Bonchev–Trinajstić information content (AvgIpc) is 3.54. The van der Waals surface area contributed by atoms with Crippen LogP contribution in [0.25, 0.3) is 11.1 Å². The molecule has 0 saturated heterocycles. The van der Waals surface area contributed by atoms with Crippen molar-refractivity contribution in [3.8, 4) is 16.9 Å². The van der Waals surface area contributed by atoms with Crippen molar-refractivity contribution in [1.29, 1.82) is 0 Å². The van der Waals surface area contributed by atoms with Gasteiger partial charge in [0.2, 0.25) is 0 Å². The van der Waals surface area contributed by atoms with Crippen molar-refractivity contribution in [3.63, 3.8) is 0 Å². The van der Waals surface area contributed by atoms with E-state index in [1.807, 2.05) is 6.08 Å². The number of anilines is 2. The summed E-state index contributed by atoms with van der Waals surface area (Å²) >= 11 is 10.7. The van der Waals surface area contributed by atoms with E-state index >= 15 is 0 Å². The predicted molar refractivity (Wildman–Crippen MR) is 114 cm³/mol. The van der Waals surface area contributed by atoms with Crippen LogP contribution in [0.2, 0.25) is 0 Å². The van der Waals surface area contributed by atoms with Gasteiger partial charge in [-0.05, 0) is 60.2 Å². The third-order valence-corrected chi connectivity index (χ3v) is 5.19. The van der Waals surface area contributed by atoms with Crippen LogP contribution in [-0.2, 0) is 0 Å². The minimum absolute atomic E-state index is 0.274. The quantitative estimate of drug-likeness (QED) is 0.554. The van der Waals surface area contributed by atoms with Crippen LogP contribution in [0, 0.1) is 5.92 Å². The maximum absolute atomic E-state index is 12.4. The molecule has 2 aliphatic carbocycles. The smallest absolute Gasteiger partial charge is 0.406 e. The largest absolute Gasteiger partial charge is 0.573 e. The highest BCUT2D eigenvalue weighted by Gasteiger charge is 2.31. The van der Waals surface area contributed by atoms with E-state index in [-0.39, 0.29) is 5.75 Å². The van der Waals surface area contributed by atoms with E-state index in [1.54, 1.807) is 24.3 Å². The summed E-state index contributed by atoms with van der Waals surface area (Å²) in [6.45, 7) is 0. The van der Waals surface area contributed by atoms with Crippen LogP contribution < -0.4 is 15.4 Å². The molecule has 1 heterocycles. The predicted octanol–water partition coefficient (Wildman–Crippen LogP) is 5.87. The second-order valence-corrected chi connectivity index (χ2v) is 7.70. The SMILES string of the molecule is FC(F)(F)Oc1ccc(-c2cc(NC(=S)C3=CC3)nc(NC(=S)C3CC3)c2)cc1. The van der Waals surface area contributed by atoms with E-state index in [4.69, 9.17) is 24.4 Å². The monoisotopic (exact) mass is 435 g/mol. The molecule has 2 aliphatic rings. The molecule has 1 saturated carbocycles. The molecular formula is C20H16F3N3OS2. The van der Waals surface area contributed by atoms with Crippen molar-refractivity contribution in [2.45, 2.75) is 25.6 Å². The summed E-state index contributed by atoms with van der Waals surface area (Å²) in [5.41, 5.74) is 2.53. The van der Waals surface area contributed by atoms with Gasteiger partial charge in [0, 0.05) is 5.92 Å². The number of nitrogens with one attached hydrogen (secondary N) is 2. The van der Waals surface area contributed by atoms with E-state index in [0.29, 0.717) is 28.1 Å². The molecule has 0 bridgehead atoms. The van der Waals surface area contributed by atoms with Gasteiger partial charge in [-0.3, -0.25) is 0 Å². The van der Waals surface area contributed by atoms with Gasteiger partial charge in [-0.25, -0.2) is 4.98 Å². The van der Waals surface area contributed by atoms with Gasteiger partial charge in [-0.1, -0.05) is 42.6 Å². The molecule has 0 unspecified atom stereocenters. The standard InChI is InChI=1S/C20H16F3N3OS2/c21-20(22,23)27-15-7-5-11(6-8-15)14-9-16(25-18(28)12-1-2-12)24-17(10-14)26-19(29)13-3-4-13/h1,5-10,13H,2-4H2,(H2,24,25,26,28,29). The molecule has 2 aromatic rings. The number of halogens is 3. The van der Waals surface area contributed by atoms with E-state index in [1.165, 1.54) is 12.1 Å². The highest BCUT2D eigenvalue weighted by Crippen LogP contribution is 2.33. The van der Waals surface area contributed by atoms with E-state index < -0.39 is 6.36 Å². The Labute approximate surface area is 176 Å². The molecule has 0 spiro atoms. The van der Waals surface area contributed by atoms with E-state index in [0.717, 1.165) is 35.4 Å². The Morgan fingerprint density at radius 2 is 1.62 bits per heavy atom. The number of hydrogen-bond donors (Lipinski definition) is 2. The summed E-state index contributed by atoms with van der Waals surface area (Å²) in [4.78, 5) is 5.88. The molecule has 1 fully saturated rings. The lowest BCUT2D eigenvalue weighted by atomic mass is 10.1. The van der Waals surface area contributed by atoms with Gasteiger partial charge in [0.05, 0.1) is 4.99 Å². The summed E-state index contributed by atoms with van der Waals surface area (Å²) in [6.07, 6.45) is 0.284. The fourth-order valence-electron chi connectivity index (χ4n) is 2.68. The molecular weight excluding hydrogens is 419 g/mol. The lowest BCUT2D eigenvalue weighted by Crippen LogP contribution is -2.16. The zero-order valence-corrected chi connectivity index (χ0v) is 16.7. The molecule has 0 radical (unpaired) electrons. The van der Waals surface area contributed by atoms with E-state index in [2.05, 4.69) is 20.4 Å². The first-order valence-corrected chi connectivity index (χ1v) is 9.78. The molecule has 0 atom stereocenters. The number of aromatic nitrogens is 1. The molecule has 9 heteroatoms. The molecule has 0 aliphatic heterocycles. The van der Waals surface area contributed by atoms with Crippen LogP contribution in [0.1, 0.15) is 19.3 Å². The summed E-state index contributed by atoms with van der Waals surface area (Å²) in [5, 5.41) is 6.27. The van der Waals surface area contributed by atoms with Crippen molar-refractivity contribution in [2.24, 2.45) is 5.92 Å². The van der Waals surface area contributed by atoms with Gasteiger partial charge in [-0.2, -0.15) is 0 Å². The Morgan fingerprint density at radius 1 is 1.00 bits per heavy atom. The van der Waals surface area contributed by atoms with Gasteiger partial charge in [0.25, 0.3) is 0 Å². The van der Waals surface area contributed by atoms with Crippen molar-refractivity contribution in [2.75, 3.05) is 10.6 Å². The Kier molecular flexibility index (Phi) is 5.26. The zero-order valence-electron chi connectivity index (χ0n) is 15.0. The van der Waals surface area contributed by atoms with Gasteiger partial charge in [0.1, 0.15) is 22.4 Å². The van der Waals surface area contributed by atoms with Gasteiger partial charge < -0.3 is 15.4 Å². The molecule has 150 valence electrons. The number of ether oxygens (including phenoxy) is 1. The minimum atomic E-state index is -4.72. The van der Waals surface area contributed by atoms with E-state index in [9.17, 15) is 13.2 Å². The third-order valence-electron chi connectivity index (χ3n) is 4.39. The van der Waals surface area contributed by atoms with Gasteiger partial charge in [0.15, 0.2) is 0 Å². The number of hydrogen-bond acceptors (Lipinski definition) is 4. The minimum Gasteiger partial charge on any atom is -0.406 e. The number of nitrogens with zero attached hydrogens (tertiary/aromatic N) is 1. The van der Waals surface area contributed by atoms with Crippen molar-refractivity contribution >= 4 is 46.0 Å². The molecule has 2 N–H and O–H groups in total. The molecule has 4 rings (SSSR count). The van der Waals surface area contributed by atoms with Crippen LogP contribution >= 0.6 is 24.4 Å². The normalized spacial score (nSPS) is 15.3. The summed E-state index contributed by atoms with van der Waals surface area (Å²) in [5.74, 6) is 1.20. The van der Waals surface area contributed by atoms with Crippen LogP contribution in [-0.4, -0.2) is 21.3 Å². The maximum atomic E-state index is 12.4. The summed E-state index contributed by atoms with van der Waals surface area (Å²) < 4.78 is 41.1. The van der Waals surface area contributed by atoms with Crippen LogP contribution in [0.15, 0.2) is 48.0 Å². The van der Waals surface area contributed by atoms with Crippen molar-refractivity contribution in [3.05, 3.63) is 48.0 Å². The lowest BCUT2D eigenvalue weighted by Gasteiger charge is -2.13. The molecule has 4 nitrogen and oxygen atoms in total. The molecule has 29 heavy (non-hydrogen) atoms. The second kappa shape index (κ2) is 7.72. The van der Waals surface area contributed by atoms with Crippen LogP contribution in [0.3, 0.4) is 0 Å². The number of pyridine rings is 1. The third kappa shape index (κ3) is 5.51. The van der Waals surface area contributed by atoms with Crippen LogP contribution in [0.5, 0.6) is 5.75 Å². The maximum Gasteiger partial charge on any atom is 0.573 e. The highest BCUT2D eigenvalue weighted by atomic mass is 32.1. The topological polar surface area (TPSA) is 46.2 Å². The Bertz CT molecular complexity index is 999. The number of rotatable bonds is 6. The summed E-state index contributed by atoms with van der Waals surface area (Å²) in [7, 11) is 0. The number of thiocarbonyl (C=S) groups is 2. The first-order valence-electron chi connectivity index (χ1n) is 8.96.